The fourth-order valence-electron chi connectivity index (χ4n) is 3.04. The van der Waals surface area contributed by atoms with Crippen LogP contribution in [0.1, 0.15) is 29.8 Å². The van der Waals surface area contributed by atoms with Crippen molar-refractivity contribution >= 4 is 17.4 Å². The van der Waals surface area contributed by atoms with E-state index in [1.165, 1.54) is 12.1 Å². The van der Waals surface area contributed by atoms with Crippen LogP contribution in [0.25, 0.3) is 0 Å². The number of carbonyl (C=O) groups is 1. The average molecular weight is 356 g/mol. The van der Waals surface area contributed by atoms with E-state index in [1.54, 1.807) is 4.90 Å². The van der Waals surface area contributed by atoms with Gasteiger partial charge < -0.3 is 15.1 Å². The smallest absolute Gasteiger partial charge is 0.274 e. The molecule has 8 heteroatoms. The van der Waals surface area contributed by atoms with Crippen LogP contribution in [0.4, 0.5) is 11.5 Å². The van der Waals surface area contributed by atoms with Gasteiger partial charge in [0.05, 0.1) is 11.9 Å². The minimum Gasteiger partial charge on any atom is -0.381 e. The summed E-state index contributed by atoms with van der Waals surface area (Å²) in [4.78, 5) is 31.8. The van der Waals surface area contributed by atoms with Gasteiger partial charge in [-0.25, -0.2) is 10.1 Å². The van der Waals surface area contributed by atoms with E-state index in [2.05, 4.69) is 20.5 Å². The van der Waals surface area contributed by atoms with Crippen molar-refractivity contribution in [1.82, 2.24) is 20.1 Å². The highest BCUT2D eigenvalue weighted by atomic mass is 16.2. The third-order valence-electron chi connectivity index (χ3n) is 4.49. The molecule has 1 fully saturated rings. The summed E-state index contributed by atoms with van der Waals surface area (Å²) in [6.07, 6.45) is 4.59. The summed E-state index contributed by atoms with van der Waals surface area (Å²) in [6.45, 7) is 1.34. The zero-order chi connectivity index (χ0) is 18.5. The van der Waals surface area contributed by atoms with Crippen molar-refractivity contribution in [2.45, 2.75) is 25.3 Å². The van der Waals surface area contributed by atoms with Crippen molar-refractivity contribution in [2.24, 2.45) is 0 Å². The minimum atomic E-state index is -0.310. The molecule has 1 atom stereocenters. The summed E-state index contributed by atoms with van der Waals surface area (Å²) < 4.78 is 0. The third kappa shape index (κ3) is 4.38. The zero-order valence-electron chi connectivity index (χ0n) is 15.1. The molecule has 0 aromatic carbocycles. The van der Waals surface area contributed by atoms with Crippen molar-refractivity contribution in [3.8, 4) is 0 Å². The molecule has 0 spiro atoms. The first kappa shape index (κ1) is 17.9. The molecule has 0 saturated carbocycles. The van der Waals surface area contributed by atoms with Gasteiger partial charge in [0.1, 0.15) is 11.5 Å². The molecule has 1 aliphatic rings. The van der Waals surface area contributed by atoms with Crippen LogP contribution >= 0.6 is 0 Å². The quantitative estimate of drug-likeness (QED) is 0.858. The van der Waals surface area contributed by atoms with E-state index >= 15 is 0 Å². The highest BCUT2D eigenvalue weighted by Gasteiger charge is 2.22. The van der Waals surface area contributed by atoms with Crippen LogP contribution in [-0.4, -0.2) is 59.2 Å². The molecular formula is C18H24N6O2. The maximum Gasteiger partial charge on any atom is 0.274 e. The van der Waals surface area contributed by atoms with Crippen LogP contribution in [0.15, 0.2) is 35.3 Å². The molecule has 0 aliphatic carbocycles. The lowest BCUT2D eigenvalue weighted by molar-refractivity contribution is 0.0754. The van der Waals surface area contributed by atoms with Crippen molar-refractivity contribution in [1.29, 1.82) is 0 Å². The average Bonchev–Trinajstić information content (AvgIpc) is 2.88. The topological polar surface area (TPSA) is 94.2 Å². The number of hydrogen-bond acceptors (Lipinski definition) is 6. The van der Waals surface area contributed by atoms with Crippen LogP contribution in [0, 0.1) is 0 Å². The number of pyridine rings is 1. The first-order chi connectivity index (χ1) is 12.5. The van der Waals surface area contributed by atoms with E-state index in [4.69, 9.17) is 0 Å². The van der Waals surface area contributed by atoms with E-state index in [9.17, 15) is 9.59 Å². The lowest BCUT2D eigenvalue weighted by Crippen LogP contribution is -2.33. The van der Waals surface area contributed by atoms with Crippen molar-refractivity contribution in [2.75, 3.05) is 37.4 Å². The van der Waals surface area contributed by atoms with Gasteiger partial charge in [0.15, 0.2) is 0 Å². The Balaban J connectivity index is 1.58. The molecule has 0 unspecified atom stereocenters. The van der Waals surface area contributed by atoms with Crippen LogP contribution in [0.5, 0.6) is 0 Å². The Bertz CT molecular complexity index is 782. The van der Waals surface area contributed by atoms with Gasteiger partial charge in [0.25, 0.3) is 11.5 Å². The lowest BCUT2D eigenvalue weighted by Gasteiger charge is -2.21. The zero-order valence-corrected chi connectivity index (χ0v) is 15.1. The van der Waals surface area contributed by atoms with Gasteiger partial charge in [-0.15, -0.1) is 0 Å². The normalized spacial score (nSPS) is 17.5. The number of likely N-dealkylation sites (tertiary alicyclic amines) is 1. The van der Waals surface area contributed by atoms with Crippen molar-refractivity contribution in [3.05, 3.63) is 46.5 Å². The Morgan fingerprint density at radius 1 is 1.23 bits per heavy atom. The van der Waals surface area contributed by atoms with Gasteiger partial charge in [-0.2, -0.15) is 5.10 Å². The first-order valence-electron chi connectivity index (χ1n) is 8.78. The molecule has 3 heterocycles. The maximum atomic E-state index is 12.5. The molecule has 2 N–H and O–H groups in total. The summed E-state index contributed by atoms with van der Waals surface area (Å²) in [5.74, 6) is 0.778. The van der Waals surface area contributed by atoms with Crippen LogP contribution < -0.4 is 15.8 Å². The van der Waals surface area contributed by atoms with Crippen molar-refractivity contribution in [3.63, 3.8) is 0 Å². The standard InChI is InChI=1S/C18H24N6O2/c1-23(2)16-7-5-14(12-19-16)20-13-4-3-10-24(11-9-13)18(26)15-6-8-17(25)22-21-15/h5-8,12-13,20H,3-4,9-11H2,1-2H3,(H,22,25)/t13-/m1/s1. The molecule has 0 bridgehead atoms. The fourth-order valence-corrected chi connectivity index (χ4v) is 3.04. The summed E-state index contributed by atoms with van der Waals surface area (Å²) in [7, 11) is 3.92. The second kappa shape index (κ2) is 7.99. The summed E-state index contributed by atoms with van der Waals surface area (Å²) >= 11 is 0. The molecular weight excluding hydrogens is 332 g/mol. The predicted octanol–water partition coefficient (Wildman–Crippen LogP) is 1.34. The van der Waals surface area contributed by atoms with E-state index in [0.29, 0.717) is 19.1 Å². The highest BCUT2D eigenvalue weighted by Crippen LogP contribution is 2.19. The van der Waals surface area contributed by atoms with Crippen LogP contribution in [0.3, 0.4) is 0 Å². The number of nitrogens with one attached hydrogen (secondary N) is 2. The number of rotatable bonds is 4. The molecule has 3 rings (SSSR count). The molecule has 2 aromatic heterocycles. The van der Waals surface area contributed by atoms with Crippen LogP contribution in [0.2, 0.25) is 0 Å². The number of aromatic nitrogens is 3. The number of carbonyl (C=O) groups excluding carboxylic acids is 1. The van der Waals surface area contributed by atoms with Gasteiger partial charge in [-0.05, 0) is 37.5 Å². The second-order valence-electron chi connectivity index (χ2n) is 6.67. The Labute approximate surface area is 152 Å². The lowest BCUT2D eigenvalue weighted by atomic mass is 10.1. The monoisotopic (exact) mass is 356 g/mol. The predicted molar refractivity (Wildman–Crippen MR) is 101 cm³/mol. The molecule has 138 valence electrons. The first-order valence-corrected chi connectivity index (χ1v) is 8.78. The molecule has 2 aromatic rings. The van der Waals surface area contributed by atoms with E-state index in [0.717, 1.165) is 30.8 Å². The van der Waals surface area contributed by atoms with E-state index in [1.807, 2.05) is 37.3 Å². The third-order valence-corrected chi connectivity index (χ3v) is 4.49. The Morgan fingerprint density at radius 3 is 2.73 bits per heavy atom. The number of hydrogen-bond donors (Lipinski definition) is 2. The molecule has 8 nitrogen and oxygen atoms in total. The SMILES string of the molecule is CN(C)c1ccc(N[C@@H]2CCCN(C(=O)c3ccc(=O)[nH]n3)CC2)cn1. The van der Waals surface area contributed by atoms with E-state index < -0.39 is 0 Å². The van der Waals surface area contributed by atoms with Crippen molar-refractivity contribution < 1.29 is 4.79 Å². The Kier molecular flexibility index (Phi) is 5.50. The van der Waals surface area contributed by atoms with Gasteiger partial charge in [-0.3, -0.25) is 9.59 Å². The number of aromatic amines is 1. The summed E-state index contributed by atoms with van der Waals surface area (Å²) in [5, 5.41) is 9.66. The van der Waals surface area contributed by atoms with Gasteiger partial charge in [0, 0.05) is 39.3 Å². The van der Waals surface area contributed by atoms with E-state index in [-0.39, 0.29) is 17.2 Å². The molecule has 0 radical (unpaired) electrons. The highest BCUT2D eigenvalue weighted by molar-refractivity contribution is 5.92. The van der Waals surface area contributed by atoms with Crippen LogP contribution in [-0.2, 0) is 0 Å². The molecule has 1 saturated heterocycles. The Morgan fingerprint density at radius 2 is 2.08 bits per heavy atom. The summed E-state index contributed by atoms with van der Waals surface area (Å²) in [6, 6.07) is 7.10. The fraction of sp³-hybridized carbons (Fsp3) is 0.444. The summed E-state index contributed by atoms with van der Waals surface area (Å²) in [5.41, 5.74) is 0.956. The molecule has 1 amide bonds. The van der Waals surface area contributed by atoms with Gasteiger partial charge in [-0.1, -0.05) is 0 Å². The number of anilines is 2. The molecule has 1 aliphatic heterocycles. The number of H-pyrrole nitrogens is 1. The second-order valence-corrected chi connectivity index (χ2v) is 6.67. The minimum absolute atomic E-state index is 0.140. The van der Waals surface area contributed by atoms with Gasteiger partial charge in [0.2, 0.25) is 0 Å². The largest absolute Gasteiger partial charge is 0.381 e. The van der Waals surface area contributed by atoms with Gasteiger partial charge >= 0.3 is 0 Å². The maximum absolute atomic E-state index is 12.5. The number of nitrogens with zero attached hydrogens (tertiary/aromatic N) is 4. The number of amides is 1. The molecule has 26 heavy (non-hydrogen) atoms. The Hall–Kier alpha value is -2.90.